The maximum absolute atomic E-state index is 13.5. The molecule has 0 atom stereocenters. The quantitative estimate of drug-likeness (QED) is 0.854. The fourth-order valence-electron chi connectivity index (χ4n) is 2.63. The van der Waals surface area contributed by atoms with Crippen LogP contribution in [0.2, 0.25) is 0 Å². The van der Waals surface area contributed by atoms with Crippen LogP contribution >= 0.6 is 12.2 Å². The molecule has 110 valence electrons. The van der Waals surface area contributed by atoms with Crippen molar-refractivity contribution in [1.82, 2.24) is 0 Å². The summed E-state index contributed by atoms with van der Waals surface area (Å²) in [5.74, 6) is -0.321. The molecule has 0 aliphatic heterocycles. The smallest absolute Gasteiger partial charge is 0.124 e. The Hall–Kier alpha value is -1.00. The lowest BCUT2D eigenvalue weighted by atomic mass is 9.76. The molecule has 20 heavy (non-hydrogen) atoms. The molecule has 0 bridgehead atoms. The summed E-state index contributed by atoms with van der Waals surface area (Å²) in [6.45, 7) is 5.01. The number of thiocarbonyl (C=S) groups is 1. The second-order valence-electron chi connectivity index (χ2n) is 6.39. The first-order chi connectivity index (χ1) is 9.35. The molecule has 2 rings (SSSR count). The third-order valence-electron chi connectivity index (χ3n) is 4.01. The fraction of sp³-hybridized carbons (Fsp3) is 0.562. The second-order valence-corrected chi connectivity index (χ2v) is 6.83. The molecule has 1 aliphatic rings. The van der Waals surface area contributed by atoms with E-state index in [9.17, 15) is 4.39 Å². The van der Waals surface area contributed by atoms with E-state index in [1.165, 1.54) is 25.0 Å². The van der Waals surface area contributed by atoms with Gasteiger partial charge in [0.15, 0.2) is 0 Å². The van der Waals surface area contributed by atoms with Crippen molar-refractivity contribution >= 4 is 17.2 Å². The highest BCUT2D eigenvalue weighted by atomic mass is 32.1. The molecule has 0 aromatic heterocycles. The maximum atomic E-state index is 13.5. The predicted molar refractivity (Wildman–Crippen MR) is 83.1 cm³/mol. The topological polar surface area (TPSA) is 35.2 Å². The van der Waals surface area contributed by atoms with Crippen LogP contribution in [0.25, 0.3) is 0 Å². The Balaban J connectivity index is 1.93. The molecule has 0 radical (unpaired) electrons. The molecule has 1 fully saturated rings. The minimum Gasteiger partial charge on any atom is -0.389 e. The highest BCUT2D eigenvalue weighted by molar-refractivity contribution is 7.80. The Morgan fingerprint density at radius 1 is 1.35 bits per heavy atom. The van der Waals surface area contributed by atoms with Gasteiger partial charge in [0.05, 0.1) is 12.7 Å². The average Bonchev–Trinajstić information content (AvgIpc) is 2.37. The molecule has 2 N–H and O–H groups in total. The summed E-state index contributed by atoms with van der Waals surface area (Å²) in [5, 5.41) is 0. The monoisotopic (exact) mass is 295 g/mol. The van der Waals surface area contributed by atoms with Crippen LogP contribution in [0, 0.1) is 11.2 Å². The van der Waals surface area contributed by atoms with Crippen molar-refractivity contribution in [3.63, 3.8) is 0 Å². The van der Waals surface area contributed by atoms with Crippen molar-refractivity contribution in [2.24, 2.45) is 11.1 Å². The molecule has 1 aromatic rings. The van der Waals surface area contributed by atoms with Crippen molar-refractivity contribution < 1.29 is 9.13 Å². The molecule has 1 aliphatic carbocycles. The van der Waals surface area contributed by atoms with E-state index in [1.807, 2.05) is 0 Å². The van der Waals surface area contributed by atoms with E-state index in [-0.39, 0.29) is 16.9 Å². The molecule has 1 aromatic carbocycles. The summed E-state index contributed by atoms with van der Waals surface area (Å²) in [5.41, 5.74) is 7.32. The molecule has 0 heterocycles. The van der Waals surface area contributed by atoms with Gasteiger partial charge in [-0.05, 0) is 54.9 Å². The van der Waals surface area contributed by atoms with Gasteiger partial charge in [-0.1, -0.05) is 26.1 Å². The Labute approximate surface area is 125 Å². The largest absolute Gasteiger partial charge is 0.389 e. The van der Waals surface area contributed by atoms with Crippen molar-refractivity contribution in [2.75, 3.05) is 0 Å². The minimum atomic E-state index is -0.321. The van der Waals surface area contributed by atoms with Crippen molar-refractivity contribution in [2.45, 2.75) is 52.2 Å². The molecule has 0 unspecified atom stereocenters. The molecule has 1 saturated carbocycles. The average molecular weight is 295 g/mol. The van der Waals surface area contributed by atoms with Crippen LogP contribution in [0.3, 0.4) is 0 Å². The Bertz CT molecular complexity index is 491. The lowest BCUT2D eigenvalue weighted by molar-refractivity contribution is -0.00566. The predicted octanol–water partition coefficient (Wildman–Crippen LogP) is 3.95. The van der Waals surface area contributed by atoms with Crippen molar-refractivity contribution in [3.8, 4) is 0 Å². The van der Waals surface area contributed by atoms with Gasteiger partial charge in [0.25, 0.3) is 0 Å². The van der Waals surface area contributed by atoms with Gasteiger partial charge in [-0.3, -0.25) is 0 Å². The molecule has 0 amide bonds. The van der Waals surface area contributed by atoms with Gasteiger partial charge < -0.3 is 10.5 Å². The molecular weight excluding hydrogens is 273 g/mol. The Morgan fingerprint density at radius 3 is 2.60 bits per heavy atom. The van der Waals surface area contributed by atoms with Gasteiger partial charge in [0, 0.05) is 5.56 Å². The molecule has 0 saturated heterocycles. The van der Waals surface area contributed by atoms with Crippen LogP contribution in [-0.2, 0) is 11.3 Å². The summed E-state index contributed by atoms with van der Waals surface area (Å²) < 4.78 is 19.4. The molecule has 2 nitrogen and oxygen atoms in total. The summed E-state index contributed by atoms with van der Waals surface area (Å²) in [6, 6.07) is 4.64. The molecule has 4 heteroatoms. The highest BCUT2D eigenvalue weighted by Crippen LogP contribution is 2.36. The van der Waals surface area contributed by atoms with Crippen LogP contribution in [0.1, 0.15) is 50.7 Å². The Morgan fingerprint density at radius 2 is 2.00 bits per heavy atom. The first-order valence-electron chi connectivity index (χ1n) is 7.07. The van der Waals surface area contributed by atoms with E-state index in [0.717, 1.165) is 18.4 Å². The van der Waals surface area contributed by atoms with Crippen LogP contribution in [0.5, 0.6) is 0 Å². The van der Waals surface area contributed by atoms with Gasteiger partial charge in [-0.15, -0.1) is 0 Å². The Kier molecular flexibility index (Phi) is 4.76. The minimum absolute atomic E-state index is 0.213. The third kappa shape index (κ3) is 4.25. The lowest BCUT2D eigenvalue weighted by Gasteiger charge is -2.34. The van der Waals surface area contributed by atoms with Crippen LogP contribution in [-0.4, -0.2) is 11.1 Å². The standard InChI is InChI=1S/C16H22FNOS/c1-16(2)5-3-14(4-6-16)19-10-11-7-12(15(18)20)9-13(17)8-11/h7-9,14H,3-6,10H2,1-2H3,(H2,18,20). The summed E-state index contributed by atoms with van der Waals surface area (Å²) in [6.07, 6.45) is 4.78. The van der Waals surface area contributed by atoms with Gasteiger partial charge in [0.1, 0.15) is 10.8 Å². The van der Waals surface area contributed by atoms with Crippen LogP contribution in [0.4, 0.5) is 4.39 Å². The number of rotatable bonds is 4. The van der Waals surface area contributed by atoms with Crippen molar-refractivity contribution in [3.05, 3.63) is 35.1 Å². The second kappa shape index (κ2) is 6.19. The van der Waals surface area contributed by atoms with E-state index in [0.29, 0.717) is 17.6 Å². The van der Waals surface area contributed by atoms with Crippen LogP contribution < -0.4 is 5.73 Å². The zero-order valence-electron chi connectivity index (χ0n) is 12.1. The zero-order chi connectivity index (χ0) is 14.8. The van der Waals surface area contributed by atoms with E-state index in [2.05, 4.69) is 13.8 Å². The number of ether oxygens (including phenoxy) is 1. The molecule has 0 spiro atoms. The SMILES string of the molecule is CC1(C)CCC(OCc2cc(F)cc(C(N)=S)c2)CC1. The number of nitrogens with two attached hydrogens (primary N) is 1. The van der Waals surface area contributed by atoms with Gasteiger partial charge >= 0.3 is 0 Å². The molecular formula is C16H22FNOS. The first-order valence-corrected chi connectivity index (χ1v) is 7.47. The van der Waals surface area contributed by atoms with Crippen molar-refractivity contribution in [1.29, 1.82) is 0 Å². The first kappa shape index (κ1) is 15.4. The summed E-state index contributed by atoms with van der Waals surface area (Å²) in [7, 11) is 0. The fourth-order valence-corrected chi connectivity index (χ4v) is 2.75. The summed E-state index contributed by atoms with van der Waals surface area (Å²) in [4.78, 5) is 0.213. The van der Waals surface area contributed by atoms with Crippen LogP contribution in [0.15, 0.2) is 18.2 Å². The van der Waals surface area contributed by atoms with E-state index < -0.39 is 0 Å². The highest BCUT2D eigenvalue weighted by Gasteiger charge is 2.27. The number of benzene rings is 1. The maximum Gasteiger partial charge on any atom is 0.124 e. The van der Waals surface area contributed by atoms with Gasteiger partial charge in [0.2, 0.25) is 0 Å². The number of halogens is 1. The van der Waals surface area contributed by atoms with E-state index in [1.54, 1.807) is 6.07 Å². The zero-order valence-corrected chi connectivity index (χ0v) is 12.9. The third-order valence-corrected chi connectivity index (χ3v) is 4.25. The van der Waals surface area contributed by atoms with Gasteiger partial charge in [-0.25, -0.2) is 4.39 Å². The van der Waals surface area contributed by atoms with E-state index >= 15 is 0 Å². The lowest BCUT2D eigenvalue weighted by Crippen LogP contribution is -2.26. The number of hydrogen-bond donors (Lipinski definition) is 1. The normalized spacial score (nSPS) is 18.9. The summed E-state index contributed by atoms with van der Waals surface area (Å²) >= 11 is 4.89. The van der Waals surface area contributed by atoms with Gasteiger partial charge in [-0.2, -0.15) is 0 Å². The number of hydrogen-bond acceptors (Lipinski definition) is 2. The van der Waals surface area contributed by atoms with E-state index in [4.69, 9.17) is 22.7 Å².